The minimum atomic E-state index is -0.910. The average molecular weight is 286 g/mol. The second kappa shape index (κ2) is 7.28. The molecule has 0 unspecified atom stereocenters. The third-order valence-electron chi connectivity index (χ3n) is 3.11. The number of aryl methyl sites for hydroxylation is 1. The van der Waals surface area contributed by atoms with Crippen LogP contribution in [0, 0.1) is 0 Å². The van der Waals surface area contributed by atoms with E-state index in [4.69, 9.17) is 5.11 Å². The summed E-state index contributed by atoms with van der Waals surface area (Å²) >= 11 is 0. The first-order valence-corrected chi connectivity index (χ1v) is 6.87. The van der Waals surface area contributed by atoms with Gasteiger partial charge in [0.1, 0.15) is 0 Å². The van der Waals surface area contributed by atoms with Gasteiger partial charge in [0.2, 0.25) is 5.91 Å². The second-order valence-electron chi connectivity index (χ2n) is 4.76. The second-order valence-corrected chi connectivity index (χ2v) is 4.76. The van der Waals surface area contributed by atoms with Gasteiger partial charge in [-0.1, -0.05) is 30.3 Å². The fraction of sp³-hybridized carbons (Fsp3) is 0.250. The maximum atomic E-state index is 11.6. The molecule has 0 radical (unpaired) electrons. The number of hydrogen-bond acceptors (Lipinski definition) is 2. The topological polar surface area (TPSA) is 82.2 Å². The van der Waals surface area contributed by atoms with Gasteiger partial charge < -0.3 is 15.4 Å². The van der Waals surface area contributed by atoms with Gasteiger partial charge in [0.25, 0.3) is 0 Å². The molecular weight excluding hydrogens is 268 g/mol. The standard InChI is InChI=1S/C16H18N2O3/c19-15(17-11-10-16(20)21)9-7-13-6-8-14(18-13)12-4-2-1-3-5-12/h1-6,8,18H,7,9-11H2,(H,17,19)(H,20,21). The Kier molecular flexibility index (Phi) is 5.15. The van der Waals surface area contributed by atoms with Crippen molar-refractivity contribution in [2.45, 2.75) is 19.3 Å². The minimum Gasteiger partial charge on any atom is -0.481 e. The van der Waals surface area contributed by atoms with E-state index in [-0.39, 0.29) is 18.9 Å². The summed E-state index contributed by atoms with van der Waals surface area (Å²) in [6, 6.07) is 13.9. The van der Waals surface area contributed by atoms with Crippen LogP contribution < -0.4 is 5.32 Å². The van der Waals surface area contributed by atoms with Crippen LogP contribution in [0.15, 0.2) is 42.5 Å². The minimum absolute atomic E-state index is 0.0492. The molecule has 1 amide bonds. The van der Waals surface area contributed by atoms with Crippen LogP contribution in [0.2, 0.25) is 0 Å². The number of amides is 1. The summed E-state index contributed by atoms with van der Waals surface area (Å²) in [5.74, 6) is -1.04. The third-order valence-corrected chi connectivity index (χ3v) is 3.11. The molecule has 0 atom stereocenters. The molecule has 0 aliphatic heterocycles. The van der Waals surface area contributed by atoms with E-state index in [1.54, 1.807) is 0 Å². The van der Waals surface area contributed by atoms with Crippen molar-refractivity contribution in [1.82, 2.24) is 10.3 Å². The highest BCUT2D eigenvalue weighted by Gasteiger charge is 2.05. The van der Waals surface area contributed by atoms with Crippen LogP contribution in [0.25, 0.3) is 11.3 Å². The predicted octanol–water partition coefficient (Wildman–Crippen LogP) is 2.21. The number of aromatic amines is 1. The zero-order chi connectivity index (χ0) is 15.1. The van der Waals surface area contributed by atoms with E-state index in [2.05, 4.69) is 10.3 Å². The summed E-state index contributed by atoms with van der Waals surface area (Å²) in [5, 5.41) is 11.1. The monoisotopic (exact) mass is 286 g/mol. The fourth-order valence-corrected chi connectivity index (χ4v) is 2.02. The smallest absolute Gasteiger partial charge is 0.305 e. The maximum Gasteiger partial charge on any atom is 0.305 e. The van der Waals surface area contributed by atoms with Gasteiger partial charge >= 0.3 is 5.97 Å². The summed E-state index contributed by atoms with van der Waals surface area (Å²) in [6.45, 7) is 0.175. The van der Waals surface area contributed by atoms with Crippen LogP contribution in [0.5, 0.6) is 0 Å². The predicted molar refractivity (Wildman–Crippen MR) is 79.8 cm³/mol. The van der Waals surface area contributed by atoms with E-state index < -0.39 is 5.97 Å². The van der Waals surface area contributed by atoms with E-state index in [9.17, 15) is 9.59 Å². The van der Waals surface area contributed by atoms with Crippen LogP contribution in [-0.2, 0) is 16.0 Å². The lowest BCUT2D eigenvalue weighted by molar-refractivity contribution is -0.136. The van der Waals surface area contributed by atoms with Gasteiger partial charge in [-0.3, -0.25) is 9.59 Å². The Bertz CT molecular complexity index is 605. The maximum absolute atomic E-state index is 11.6. The van der Waals surface area contributed by atoms with Crippen molar-refractivity contribution in [2.24, 2.45) is 0 Å². The van der Waals surface area contributed by atoms with Gasteiger partial charge in [-0.2, -0.15) is 0 Å². The number of aliphatic carboxylic acids is 1. The Labute approximate surface area is 123 Å². The summed E-state index contributed by atoms with van der Waals surface area (Å²) in [5.41, 5.74) is 3.12. The van der Waals surface area contributed by atoms with Gasteiger partial charge in [-0.25, -0.2) is 0 Å². The summed E-state index contributed by atoms with van der Waals surface area (Å²) in [4.78, 5) is 25.2. The number of rotatable bonds is 7. The van der Waals surface area contributed by atoms with Crippen LogP contribution in [0.3, 0.4) is 0 Å². The molecule has 1 aromatic heterocycles. The molecule has 0 bridgehead atoms. The number of carboxylic acid groups (broad SMARTS) is 1. The molecule has 0 saturated heterocycles. The highest BCUT2D eigenvalue weighted by Crippen LogP contribution is 2.18. The number of H-pyrrole nitrogens is 1. The molecule has 0 saturated carbocycles. The molecule has 110 valence electrons. The zero-order valence-electron chi connectivity index (χ0n) is 11.6. The Morgan fingerprint density at radius 3 is 2.52 bits per heavy atom. The largest absolute Gasteiger partial charge is 0.481 e. The van der Waals surface area contributed by atoms with Crippen LogP contribution in [0.1, 0.15) is 18.5 Å². The molecule has 0 aliphatic rings. The molecule has 21 heavy (non-hydrogen) atoms. The zero-order valence-corrected chi connectivity index (χ0v) is 11.6. The Morgan fingerprint density at radius 1 is 1.05 bits per heavy atom. The van der Waals surface area contributed by atoms with Crippen molar-refractivity contribution in [2.75, 3.05) is 6.54 Å². The number of carbonyl (C=O) groups excluding carboxylic acids is 1. The van der Waals surface area contributed by atoms with E-state index in [1.165, 1.54) is 0 Å². The quantitative estimate of drug-likeness (QED) is 0.729. The molecular formula is C16H18N2O3. The van der Waals surface area contributed by atoms with Crippen LogP contribution >= 0.6 is 0 Å². The first kappa shape index (κ1) is 14.8. The summed E-state index contributed by atoms with van der Waals surface area (Å²) in [6.07, 6.45) is 0.895. The Hall–Kier alpha value is -2.56. The average Bonchev–Trinajstić information content (AvgIpc) is 2.94. The van der Waals surface area contributed by atoms with Crippen molar-refractivity contribution in [3.63, 3.8) is 0 Å². The van der Waals surface area contributed by atoms with E-state index in [1.807, 2.05) is 42.5 Å². The molecule has 5 heteroatoms. The van der Waals surface area contributed by atoms with Gasteiger partial charge in [0.05, 0.1) is 6.42 Å². The van der Waals surface area contributed by atoms with Crippen LogP contribution in [0.4, 0.5) is 0 Å². The lowest BCUT2D eigenvalue weighted by Gasteiger charge is -2.02. The van der Waals surface area contributed by atoms with Crippen molar-refractivity contribution < 1.29 is 14.7 Å². The number of carbonyl (C=O) groups is 2. The molecule has 2 aromatic rings. The molecule has 2 rings (SSSR count). The van der Waals surface area contributed by atoms with Crippen molar-refractivity contribution in [1.29, 1.82) is 0 Å². The number of hydrogen-bond donors (Lipinski definition) is 3. The SMILES string of the molecule is O=C(O)CCNC(=O)CCc1ccc(-c2ccccc2)[nH]1. The number of aromatic nitrogens is 1. The first-order valence-electron chi connectivity index (χ1n) is 6.87. The summed E-state index contributed by atoms with van der Waals surface area (Å²) < 4.78 is 0. The molecule has 0 fully saturated rings. The van der Waals surface area contributed by atoms with Crippen molar-refractivity contribution >= 4 is 11.9 Å². The Balaban J connectivity index is 1.80. The van der Waals surface area contributed by atoms with Crippen molar-refractivity contribution in [3.05, 3.63) is 48.2 Å². The molecule has 5 nitrogen and oxygen atoms in total. The molecule has 3 N–H and O–H groups in total. The lowest BCUT2D eigenvalue weighted by atomic mass is 10.2. The molecule has 1 aromatic carbocycles. The highest BCUT2D eigenvalue weighted by molar-refractivity contribution is 5.77. The first-order chi connectivity index (χ1) is 10.1. The Morgan fingerprint density at radius 2 is 1.81 bits per heavy atom. The van der Waals surface area contributed by atoms with Crippen molar-refractivity contribution in [3.8, 4) is 11.3 Å². The van der Waals surface area contributed by atoms with Gasteiger partial charge in [-0.15, -0.1) is 0 Å². The molecule has 0 spiro atoms. The van der Waals surface area contributed by atoms with Crippen LogP contribution in [-0.4, -0.2) is 28.5 Å². The fourth-order valence-electron chi connectivity index (χ4n) is 2.02. The van der Waals surface area contributed by atoms with Gasteiger partial charge in [0, 0.05) is 24.4 Å². The van der Waals surface area contributed by atoms with Gasteiger partial charge in [-0.05, 0) is 24.1 Å². The van der Waals surface area contributed by atoms with E-state index in [0.717, 1.165) is 17.0 Å². The number of nitrogens with one attached hydrogen (secondary N) is 2. The van der Waals surface area contributed by atoms with E-state index in [0.29, 0.717) is 12.8 Å². The highest BCUT2D eigenvalue weighted by atomic mass is 16.4. The van der Waals surface area contributed by atoms with Gasteiger partial charge in [0.15, 0.2) is 0 Å². The van der Waals surface area contributed by atoms with E-state index >= 15 is 0 Å². The number of carboxylic acids is 1. The summed E-state index contributed by atoms with van der Waals surface area (Å²) in [7, 11) is 0. The lowest BCUT2D eigenvalue weighted by Crippen LogP contribution is -2.26. The molecule has 1 heterocycles. The third kappa shape index (κ3) is 4.80. The normalized spacial score (nSPS) is 10.3. The number of benzene rings is 1. The molecule has 0 aliphatic carbocycles.